The van der Waals surface area contributed by atoms with E-state index in [-0.39, 0.29) is 11.3 Å². The van der Waals surface area contributed by atoms with Gasteiger partial charge in [0.2, 0.25) is 5.78 Å². The number of hydrogen-bond donors (Lipinski definition) is 6. The number of aliphatic hydroxyl groups excluding tert-OH is 3. The summed E-state index contributed by atoms with van der Waals surface area (Å²) in [5, 5.41) is 57.9. The van der Waals surface area contributed by atoms with Crippen molar-refractivity contribution in [2.24, 2.45) is 17.6 Å². The van der Waals surface area contributed by atoms with Crippen molar-refractivity contribution in [1.82, 2.24) is 9.80 Å². The molecule has 11 heteroatoms. The van der Waals surface area contributed by atoms with Gasteiger partial charge in [0.25, 0.3) is 5.91 Å². The first-order valence-corrected chi connectivity index (χ1v) is 15.5. The number of carbonyl (C=O) groups excluding carboxylic acids is 3. The molecule has 44 heavy (non-hydrogen) atoms. The number of aromatic hydroxyl groups is 1. The van der Waals surface area contributed by atoms with Gasteiger partial charge < -0.3 is 36.2 Å². The second-order valence-electron chi connectivity index (χ2n) is 13.9. The third-order valence-corrected chi connectivity index (χ3v) is 10.6. The number of primary amides is 1. The van der Waals surface area contributed by atoms with Crippen LogP contribution in [0.25, 0.3) is 0 Å². The first-order chi connectivity index (χ1) is 20.6. The summed E-state index contributed by atoms with van der Waals surface area (Å²) in [6.45, 7) is 8.87. The number of aliphatic hydroxyl groups is 4. The molecule has 0 radical (unpaired) electrons. The van der Waals surface area contributed by atoms with Crippen LogP contribution in [0.2, 0.25) is 0 Å². The smallest absolute Gasteiger partial charge is 0.255 e. The molecule has 0 bridgehead atoms. The van der Waals surface area contributed by atoms with Crippen molar-refractivity contribution in [3.63, 3.8) is 0 Å². The standard InChI is InChI=1S/C33H45N3O8/c1-16-17-10-11-18(32(2,3)12-9-15-36-13-7-6-8-14-36)25(37)20(17)26(38)21-19(16)27(39)23-24(35(4)5)28(40)22(31(34)43)30(42)33(23,44)29(21)41/h10-11,16,19,23-24,27,37,39-41,44H,6-9,12-15H2,1-5H3,(H2,34,43). The Labute approximate surface area is 257 Å². The summed E-state index contributed by atoms with van der Waals surface area (Å²) < 4.78 is 0. The highest BCUT2D eigenvalue weighted by atomic mass is 16.4. The predicted molar refractivity (Wildman–Crippen MR) is 162 cm³/mol. The summed E-state index contributed by atoms with van der Waals surface area (Å²) in [5.41, 5.74) is 1.64. The summed E-state index contributed by atoms with van der Waals surface area (Å²) in [6.07, 6.45) is 3.70. The molecule has 5 rings (SSSR count). The average molecular weight is 612 g/mol. The molecule has 1 fully saturated rings. The fourth-order valence-corrected chi connectivity index (χ4v) is 8.23. The van der Waals surface area contributed by atoms with Gasteiger partial charge in [0.05, 0.1) is 23.6 Å². The van der Waals surface area contributed by atoms with E-state index >= 15 is 0 Å². The molecule has 6 unspecified atom stereocenters. The Hall–Kier alpha value is -3.25. The SMILES string of the molecule is CC1c2ccc(C(C)(C)CCCN3CCCCC3)c(O)c2C(=O)C2=C(O)C3(O)C(=O)C(C(N)=O)=C(O)C(N(C)C)C3C(O)C21. The number of piperidine rings is 1. The van der Waals surface area contributed by atoms with E-state index in [1.165, 1.54) is 38.3 Å². The molecular weight excluding hydrogens is 566 g/mol. The maximum absolute atomic E-state index is 14.2. The van der Waals surface area contributed by atoms with Crippen LogP contribution in [0.4, 0.5) is 0 Å². The van der Waals surface area contributed by atoms with E-state index in [1.54, 1.807) is 19.1 Å². The minimum absolute atomic E-state index is 0.0490. The van der Waals surface area contributed by atoms with Gasteiger partial charge in [-0.3, -0.25) is 19.3 Å². The van der Waals surface area contributed by atoms with E-state index in [0.29, 0.717) is 11.1 Å². The van der Waals surface area contributed by atoms with Crippen LogP contribution in [0.1, 0.15) is 80.3 Å². The van der Waals surface area contributed by atoms with E-state index in [4.69, 9.17) is 5.73 Å². The number of amides is 1. The van der Waals surface area contributed by atoms with E-state index in [2.05, 4.69) is 4.90 Å². The van der Waals surface area contributed by atoms with E-state index in [0.717, 1.165) is 32.5 Å². The number of carbonyl (C=O) groups is 3. The van der Waals surface area contributed by atoms with Crippen molar-refractivity contribution < 1.29 is 39.9 Å². The molecule has 1 aliphatic heterocycles. The maximum Gasteiger partial charge on any atom is 0.255 e. The van der Waals surface area contributed by atoms with Crippen LogP contribution in [0.5, 0.6) is 5.75 Å². The normalized spacial score (nSPS) is 31.2. The van der Waals surface area contributed by atoms with Gasteiger partial charge in [-0.25, -0.2) is 0 Å². The molecule has 1 heterocycles. The quantitative estimate of drug-likeness (QED) is 0.250. The van der Waals surface area contributed by atoms with E-state index in [1.807, 2.05) is 13.8 Å². The third-order valence-electron chi connectivity index (χ3n) is 10.6. The molecule has 1 amide bonds. The van der Waals surface area contributed by atoms with Crippen molar-refractivity contribution >= 4 is 17.5 Å². The summed E-state index contributed by atoms with van der Waals surface area (Å²) in [7, 11) is 3.02. The Morgan fingerprint density at radius 1 is 1.11 bits per heavy atom. The number of likely N-dealkylation sites (N-methyl/N-ethyl adjacent to an activating group) is 1. The van der Waals surface area contributed by atoms with Gasteiger partial charge in [0, 0.05) is 17.1 Å². The molecule has 1 aromatic carbocycles. The van der Waals surface area contributed by atoms with Crippen LogP contribution in [0.3, 0.4) is 0 Å². The lowest BCUT2D eigenvalue weighted by Gasteiger charge is -2.53. The topological polar surface area (TPSA) is 185 Å². The molecule has 0 aromatic heterocycles. The second kappa shape index (κ2) is 11.3. The van der Waals surface area contributed by atoms with Gasteiger partial charge >= 0.3 is 0 Å². The van der Waals surface area contributed by atoms with Gasteiger partial charge in [-0.05, 0) is 76.3 Å². The Balaban J connectivity index is 1.58. The van der Waals surface area contributed by atoms with Crippen molar-refractivity contribution in [2.45, 2.75) is 82.0 Å². The lowest BCUT2D eigenvalue weighted by molar-refractivity contribution is -0.162. The molecular formula is C33H45N3O8. The first-order valence-electron chi connectivity index (χ1n) is 15.5. The first kappa shape index (κ1) is 32.2. The molecule has 11 nitrogen and oxygen atoms in total. The third kappa shape index (κ3) is 4.67. The molecule has 0 saturated carbocycles. The number of ketones is 2. The monoisotopic (exact) mass is 611 g/mol. The van der Waals surface area contributed by atoms with Crippen LogP contribution < -0.4 is 5.73 Å². The zero-order chi connectivity index (χ0) is 32.5. The zero-order valence-electron chi connectivity index (χ0n) is 26.1. The summed E-state index contributed by atoms with van der Waals surface area (Å²) in [6, 6.07) is 2.28. The number of Topliss-reactive ketones (excluding diaryl/α,β-unsaturated/α-hetero) is 2. The van der Waals surface area contributed by atoms with Crippen LogP contribution in [0.15, 0.2) is 34.8 Å². The summed E-state index contributed by atoms with van der Waals surface area (Å²) in [4.78, 5) is 43.9. The number of rotatable bonds is 7. The van der Waals surface area contributed by atoms with Crippen LogP contribution in [-0.4, -0.2) is 104 Å². The molecule has 1 aromatic rings. The van der Waals surface area contributed by atoms with Crippen LogP contribution in [-0.2, 0) is 15.0 Å². The number of nitrogens with two attached hydrogens (primary N) is 1. The van der Waals surface area contributed by atoms with Gasteiger partial charge in [0.1, 0.15) is 22.8 Å². The molecule has 4 aliphatic rings. The summed E-state index contributed by atoms with van der Waals surface area (Å²) >= 11 is 0. The Kier molecular flexibility index (Phi) is 8.24. The maximum atomic E-state index is 14.2. The molecule has 7 N–H and O–H groups in total. The lowest BCUT2D eigenvalue weighted by Crippen LogP contribution is -2.68. The van der Waals surface area contributed by atoms with Crippen molar-refractivity contribution in [3.8, 4) is 5.75 Å². The van der Waals surface area contributed by atoms with Gasteiger partial charge in [0.15, 0.2) is 11.4 Å². The Morgan fingerprint density at radius 2 is 1.75 bits per heavy atom. The number of phenolic OH excluding ortho intramolecular Hbond substituents is 1. The highest BCUT2D eigenvalue weighted by Crippen LogP contribution is 2.56. The molecule has 6 atom stereocenters. The average Bonchev–Trinajstić information content (AvgIpc) is 2.95. The van der Waals surface area contributed by atoms with Gasteiger partial charge in [-0.2, -0.15) is 0 Å². The van der Waals surface area contributed by atoms with Gasteiger partial charge in [-0.1, -0.05) is 39.3 Å². The van der Waals surface area contributed by atoms with Crippen LogP contribution >= 0.6 is 0 Å². The molecule has 0 spiro atoms. The summed E-state index contributed by atoms with van der Waals surface area (Å²) in [5.74, 6) is -8.75. The predicted octanol–water partition coefficient (Wildman–Crippen LogP) is 2.20. The number of likely N-dealkylation sites (tertiary alicyclic amines) is 1. The molecule has 3 aliphatic carbocycles. The molecule has 1 saturated heterocycles. The fourth-order valence-electron chi connectivity index (χ4n) is 8.23. The highest BCUT2D eigenvalue weighted by molar-refractivity contribution is 6.25. The van der Waals surface area contributed by atoms with Crippen molar-refractivity contribution in [2.75, 3.05) is 33.7 Å². The van der Waals surface area contributed by atoms with Crippen LogP contribution in [0, 0.1) is 11.8 Å². The lowest BCUT2D eigenvalue weighted by atomic mass is 9.55. The number of benzene rings is 1. The zero-order valence-corrected chi connectivity index (χ0v) is 26.1. The number of phenols is 1. The fraction of sp³-hybridized carbons (Fsp3) is 0.606. The largest absolute Gasteiger partial charge is 0.510 e. The van der Waals surface area contributed by atoms with Gasteiger partial charge in [-0.15, -0.1) is 0 Å². The molecule has 240 valence electrons. The second-order valence-corrected chi connectivity index (χ2v) is 13.9. The van der Waals surface area contributed by atoms with Crippen molar-refractivity contribution in [1.29, 1.82) is 0 Å². The Morgan fingerprint density at radius 3 is 2.34 bits per heavy atom. The Bertz CT molecular complexity index is 1460. The minimum Gasteiger partial charge on any atom is -0.510 e. The minimum atomic E-state index is -2.93. The highest BCUT2D eigenvalue weighted by Gasteiger charge is 2.67. The number of fused-ring (bicyclic) bond motifs is 3. The van der Waals surface area contributed by atoms with E-state index < -0.39 is 81.1 Å². The van der Waals surface area contributed by atoms with Crippen molar-refractivity contribution in [3.05, 3.63) is 51.5 Å². The number of nitrogens with zero attached hydrogens (tertiary/aromatic N) is 2. The van der Waals surface area contributed by atoms with E-state index in [9.17, 15) is 39.9 Å². The number of hydrogen-bond acceptors (Lipinski definition) is 10.